The molecule has 1 aromatic heterocycles. The quantitative estimate of drug-likeness (QED) is 0.897. The lowest BCUT2D eigenvalue weighted by atomic mass is 10.1. The molecule has 0 unspecified atom stereocenters. The Balaban J connectivity index is 1.78. The summed E-state index contributed by atoms with van der Waals surface area (Å²) in [5.41, 5.74) is 0.406. The fourth-order valence-electron chi connectivity index (χ4n) is 3.22. The van der Waals surface area contributed by atoms with Crippen LogP contribution in [0, 0.1) is 0 Å². The van der Waals surface area contributed by atoms with Gasteiger partial charge in [0.2, 0.25) is 0 Å². The molecule has 1 N–H and O–H groups in total. The average molecular weight is 349 g/mol. The van der Waals surface area contributed by atoms with Crippen LogP contribution in [0.3, 0.4) is 0 Å². The predicted molar refractivity (Wildman–Crippen MR) is 91.4 cm³/mol. The Kier molecular flexibility index (Phi) is 5.04. The molecule has 24 heavy (non-hydrogen) atoms. The van der Waals surface area contributed by atoms with Crippen LogP contribution in [0.4, 0.5) is 0 Å². The molecule has 0 saturated heterocycles. The lowest BCUT2D eigenvalue weighted by Gasteiger charge is -2.19. The van der Waals surface area contributed by atoms with E-state index in [0.717, 1.165) is 18.7 Å². The molecule has 0 aliphatic heterocycles. The van der Waals surface area contributed by atoms with E-state index in [4.69, 9.17) is 16.3 Å². The second kappa shape index (κ2) is 7.21. The normalized spacial score (nSPS) is 16.1. The standard InChI is InChI=1S/C17H21ClN4O2/c1-11(16-21-19-10-22(16)13-5-3-4-6-13)20-17(23)14-9-12(18)7-8-15(14)24-2/h7-11,13H,3-6H2,1-2H3,(H,20,23)/t11-/m1/s1. The first kappa shape index (κ1) is 16.8. The Morgan fingerprint density at radius 1 is 1.42 bits per heavy atom. The van der Waals surface area contributed by atoms with Crippen molar-refractivity contribution < 1.29 is 9.53 Å². The monoisotopic (exact) mass is 348 g/mol. The summed E-state index contributed by atoms with van der Waals surface area (Å²) in [6, 6.07) is 5.14. The van der Waals surface area contributed by atoms with Crippen LogP contribution in [-0.2, 0) is 0 Å². The van der Waals surface area contributed by atoms with Crippen molar-refractivity contribution in [3.05, 3.63) is 40.9 Å². The van der Waals surface area contributed by atoms with Gasteiger partial charge in [0.05, 0.1) is 18.7 Å². The summed E-state index contributed by atoms with van der Waals surface area (Å²) in [5, 5.41) is 11.7. The zero-order valence-electron chi connectivity index (χ0n) is 13.8. The molecule has 7 heteroatoms. The molecular weight excluding hydrogens is 328 g/mol. The van der Waals surface area contributed by atoms with Crippen molar-refractivity contribution in [2.75, 3.05) is 7.11 Å². The highest BCUT2D eigenvalue weighted by molar-refractivity contribution is 6.31. The molecule has 0 spiro atoms. The summed E-state index contributed by atoms with van der Waals surface area (Å²) >= 11 is 6.00. The van der Waals surface area contributed by atoms with Crippen LogP contribution in [0.5, 0.6) is 5.75 Å². The molecule has 1 aliphatic rings. The van der Waals surface area contributed by atoms with Crippen LogP contribution in [-0.4, -0.2) is 27.8 Å². The number of amides is 1. The summed E-state index contributed by atoms with van der Waals surface area (Å²) < 4.78 is 7.34. The van der Waals surface area contributed by atoms with Gasteiger partial charge >= 0.3 is 0 Å². The summed E-state index contributed by atoms with van der Waals surface area (Å²) in [4.78, 5) is 12.6. The Hall–Kier alpha value is -2.08. The van der Waals surface area contributed by atoms with Gasteiger partial charge in [0.15, 0.2) is 5.82 Å². The number of carbonyl (C=O) groups is 1. The fraction of sp³-hybridized carbons (Fsp3) is 0.471. The molecule has 1 amide bonds. The zero-order valence-corrected chi connectivity index (χ0v) is 14.6. The van der Waals surface area contributed by atoms with Gasteiger partial charge in [-0.05, 0) is 38.0 Å². The maximum atomic E-state index is 12.6. The van der Waals surface area contributed by atoms with Crippen LogP contribution in [0.2, 0.25) is 5.02 Å². The lowest BCUT2D eigenvalue weighted by Crippen LogP contribution is -2.29. The van der Waals surface area contributed by atoms with E-state index < -0.39 is 0 Å². The van der Waals surface area contributed by atoms with Crippen molar-refractivity contribution in [2.24, 2.45) is 0 Å². The number of halogens is 1. The van der Waals surface area contributed by atoms with Crippen LogP contribution >= 0.6 is 11.6 Å². The molecule has 0 radical (unpaired) electrons. The van der Waals surface area contributed by atoms with Gasteiger partial charge < -0.3 is 14.6 Å². The summed E-state index contributed by atoms with van der Waals surface area (Å²) in [6.45, 7) is 1.91. The molecule has 1 atom stereocenters. The number of benzene rings is 1. The minimum Gasteiger partial charge on any atom is -0.496 e. The SMILES string of the molecule is COc1ccc(Cl)cc1C(=O)N[C@H](C)c1nncn1C1CCCC1. The molecular formula is C17H21ClN4O2. The number of nitrogens with zero attached hydrogens (tertiary/aromatic N) is 3. The van der Waals surface area contributed by atoms with Gasteiger partial charge in [-0.1, -0.05) is 24.4 Å². The topological polar surface area (TPSA) is 69.0 Å². The smallest absolute Gasteiger partial charge is 0.255 e. The van der Waals surface area contributed by atoms with Crippen molar-refractivity contribution in [1.29, 1.82) is 0 Å². The summed E-state index contributed by atoms with van der Waals surface area (Å²) in [7, 11) is 1.53. The molecule has 1 fully saturated rings. The average Bonchev–Trinajstić information content (AvgIpc) is 3.25. The predicted octanol–water partition coefficient (Wildman–Crippen LogP) is 3.55. The van der Waals surface area contributed by atoms with Crippen LogP contribution in [0.15, 0.2) is 24.5 Å². The summed E-state index contributed by atoms with van der Waals surface area (Å²) in [5.74, 6) is 1.01. The Bertz CT molecular complexity index is 725. The Labute approximate surface area is 146 Å². The first-order valence-electron chi connectivity index (χ1n) is 8.14. The number of hydrogen-bond acceptors (Lipinski definition) is 4. The molecule has 1 aromatic carbocycles. The van der Waals surface area contributed by atoms with Crippen molar-refractivity contribution in [1.82, 2.24) is 20.1 Å². The highest BCUT2D eigenvalue weighted by Crippen LogP contribution is 2.31. The van der Waals surface area contributed by atoms with Gasteiger partial charge in [0, 0.05) is 11.1 Å². The van der Waals surface area contributed by atoms with Gasteiger partial charge in [-0.3, -0.25) is 4.79 Å². The molecule has 1 aliphatic carbocycles. The first-order valence-corrected chi connectivity index (χ1v) is 8.51. The third kappa shape index (κ3) is 3.38. The number of rotatable bonds is 5. The minimum atomic E-state index is -0.260. The highest BCUT2D eigenvalue weighted by Gasteiger charge is 2.24. The number of aromatic nitrogens is 3. The van der Waals surface area contributed by atoms with Gasteiger partial charge in [-0.15, -0.1) is 10.2 Å². The van der Waals surface area contributed by atoms with Crippen molar-refractivity contribution in [2.45, 2.75) is 44.7 Å². The summed E-state index contributed by atoms with van der Waals surface area (Å²) in [6.07, 6.45) is 6.47. The van der Waals surface area contributed by atoms with E-state index in [1.54, 1.807) is 24.5 Å². The molecule has 1 heterocycles. The fourth-order valence-corrected chi connectivity index (χ4v) is 3.39. The van der Waals surface area contributed by atoms with Crippen LogP contribution in [0.1, 0.15) is 60.9 Å². The first-order chi connectivity index (χ1) is 11.6. The molecule has 1 saturated carbocycles. The van der Waals surface area contributed by atoms with Crippen LogP contribution in [0.25, 0.3) is 0 Å². The third-order valence-corrected chi connectivity index (χ3v) is 4.70. The maximum Gasteiger partial charge on any atom is 0.255 e. The van der Waals surface area contributed by atoms with Gasteiger partial charge in [-0.25, -0.2) is 0 Å². The molecule has 6 nitrogen and oxygen atoms in total. The number of ether oxygens (including phenoxy) is 1. The van der Waals surface area contributed by atoms with E-state index in [9.17, 15) is 4.79 Å². The van der Waals surface area contributed by atoms with E-state index in [1.807, 2.05) is 6.92 Å². The number of methoxy groups -OCH3 is 1. The van der Waals surface area contributed by atoms with E-state index in [0.29, 0.717) is 22.4 Å². The van der Waals surface area contributed by atoms with Gasteiger partial charge in [0.1, 0.15) is 12.1 Å². The molecule has 2 aromatic rings. The van der Waals surface area contributed by atoms with Crippen molar-refractivity contribution in [3.63, 3.8) is 0 Å². The number of hydrogen-bond donors (Lipinski definition) is 1. The third-order valence-electron chi connectivity index (χ3n) is 4.46. The maximum absolute atomic E-state index is 12.6. The van der Waals surface area contributed by atoms with Crippen molar-refractivity contribution in [3.8, 4) is 5.75 Å². The highest BCUT2D eigenvalue weighted by atomic mass is 35.5. The van der Waals surface area contributed by atoms with E-state index in [2.05, 4.69) is 20.1 Å². The Morgan fingerprint density at radius 3 is 2.88 bits per heavy atom. The molecule has 0 bridgehead atoms. The van der Waals surface area contributed by atoms with Crippen LogP contribution < -0.4 is 10.1 Å². The minimum absolute atomic E-state index is 0.247. The van der Waals surface area contributed by atoms with Gasteiger partial charge in [-0.2, -0.15) is 0 Å². The number of carbonyl (C=O) groups excluding carboxylic acids is 1. The second-order valence-corrected chi connectivity index (χ2v) is 6.51. The van der Waals surface area contributed by atoms with Gasteiger partial charge in [0.25, 0.3) is 5.91 Å². The molecule has 3 rings (SSSR count). The number of nitrogens with one attached hydrogen (secondary N) is 1. The van der Waals surface area contributed by atoms with Crippen molar-refractivity contribution >= 4 is 17.5 Å². The largest absolute Gasteiger partial charge is 0.496 e. The Morgan fingerprint density at radius 2 is 2.17 bits per heavy atom. The second-order valence-electron chi connectivity index (χ2n) is 6.07. The van der Waals surface area contributed by atoms with E-state index in [1.165, 1.54) is 20.0 Å². The van der Waals surface area contributed by atoms with E-state index >= 15 is 0 Å². The zero-order chi connectivity index (χ0) is 17.1. The van der Waals surface area contributed by atoms with E-state index in [-0.39, 0.29) is 11.9 Å². The lowest BCUT2D eigenvalue weighted by molar-refractivity contribution is 0.0934. The molecule has 128 valence electrons.